The van der Waals surface area contributed by atoms with E-state index in [2.05, 4.69) is 0 Å². The Bertz CT molecular complexity index is 277. The highest BCUT2D eigenvalue weighted by Crippen LogP contribution is 2.26. The van der Waals surface area contributed by atoms with Crippen molar-refractivity contribution in [3.8, 4) is 0 Å². The highest BCUT2D eigenvalue weighted by Gasteiger charge is 2.23. The second kappa shape index (κ2) is 6.47. The Kier molecular flexibility index (Phi) is 5.25. The molecule has 5 heteroatoms. The van der Waals surface area contributed by atoms with Gasteiger partial charge in [-0.15, -0.1) is 0 Å². The minimum Gasteiger partial charge on any atom is -0.481 e. The van der Waals surface area contributed by atoms with E-state index in [1.54, 1.807) is 16.8 Å². The molecule has 1 fully saturated rings. The molecule has 0 radical (unpaired) electrons. The first-order valence-electron chi connectivity index (χ1n) is 6.26. The fraction of sp³-hybridized carbons (Fsp3) is 0.833. The molecule has 17 heavy (non-hydrogen) atoms. The van der Waals surface area contributed by atoms with Crippen molar-refractivity contribution in [2.24, 2.45) is 5.92 Å². The topological polar surface area (TPSA) is 60.9 Å². The van der Waals surface area contributed by atoms with Crippen molar-refractivity contribution in [1.29, 1.82) is 0 Å². The molecule has 0 aliphatic heterocycles. The summed E-state index contributed by atoms with van der Waals surface area (Å²) in [6.45, 7) is 3.51. The maximum atomic E-state index is 12.0. The van der Waals surface area contributed by atoms with E-state index >= 15 is 0 Å². The Morgan fingerprint density at radius 1 is 1.35 bits per heavy atom. The lowest BCUT2D eigenvalue weighted by Crippen LogP contribution is -2.44. The average Bonchev–Trinajstić information content (AvgIpc) is 2.23. The normalized spacial score (nSPS) is 15.2. The first kappa shape index (κ1) is 13.8. The van der Waals surface area contributed by atoms with Crippen LogP contribution in [0, 0.1) is 5.92 Å². The van der Waals surface area contributed by atoms with E-state index in [0.717, 1.165) is 6.54 Å². The summed E-state index contributed by atoms with van der Waals surface area (Å²) in [5.74, 6) is -0.222. The molecule has 5 nitrogen and oxygen atoms in total. The van der Waals surface area contributed by atoms with Gasteiger partial charge in [0.05, 0.1) is 6.42 Å². The third-order valence-corrected chi connectivity index (χ3v) is 3.33. The third-order valence-electron chi connectivity index (χ3n) is 3.33. The molecule has 2 amide bonds. The SMILES string of the molecule is CCN(CCC(=O)O)C(=O)N(C)CC1CCC1. The molecule has 0 heterocycles. The maximum Gasteiger partial charge on any atom is 0.319 e. The number of carbonyl (C=O) groups excluding carboxylic acids is 1. The van der Waals surface area contributed by atoms with Crippen LogP contribution >= 0.6 is 0 Å². The average molecular weight is 242 g/mol. The van der Waals surface area contributed by atoms with Crippen LogP contribution in [0.2, 0.25) is 0 Å². The van der Waals surface area contributed by atoms with Crippen LogP contribution in [0.1, 0.15) is 32.6 Å². The van der Waals surface area contributed by atoms with Gasteiger partial charge in [-0.3, -0.25) is 4.79 Å². The van der Waals surface area contributed by atoms with Crippen LogP contribution in [0.3, 0.4) is 0 Å². The predicted octanol–water partition coefficient (Wildman–Crippen LogP) is 1.63. The summed E-state index contributed by atoms with van der Waals surface area (Å²) >= 11 is 0. The van der Waals surface area contributed by atoms with Crippen molar-refractivity contribution in [2.75, 3.05) is 26.7 Å². The molecule has 1 rings (SSSR count). The van der Waals surface area contributed by atoms with Crippen molar-refractivity contribution >= 4 is 12.0 Å². The van der Waals surface area contributed by atoms with Crippen molar-refractivity contribution in [3.05, 3.63) is 0 Å². The van der Waals surface area contributed by atoms with Crippen molar-refractivity contribution < 1.29 is 14.7 Å². The van der Waals surface area contributed by atoms with Gasteiger partial charge in [-0.05, 0) is 25.7 Å². The van der Waals surface area contributed by atoms with E-state index in [4.69, 9.17) is 5.11 Å². The van der Waals surface area contributed by atoms with Crippen LogP contribution in [0.4, 0.5) is 4.79 Å². The van der Waals surface area contributed by atoms with E-state index in [1.165, 1.54) is 19.3 Å². The monoisotopic (exact) mass is 242 g/mol. The highest BCUT2D eigenvalue weighted by atomic mass is 16.4. The van der Waals surface area contributed by atoms with Gasteiger partial charge in [-0.1, -0.05) is 6.42 Å². The van der Waals surface area contributed by atoms with Crippen LogP contribution in [0.25, 0.3) is 0 Å². The third kappa shape index (κ3) is 4.24. The fourth-order valence-corrected chi connectivity index (χ4v) is 2.00. The van der Waals surface area contributed by atoms with Gasteiger partial charge < -0.3 is 14.9 Å². The number of rotatable bonds is 6. The Morgan fingerprint density at radius 3 is 2.41 bits per heavy atom. The zero-order valence-corrected chi connectivity index (χ0v) is 10.7. The Balaban J connectivity index is 2.37. The van der Waals surface area contributed by atoms with Gasteiger partial charge >= 0.3 is 12.0 Å². The maximum absolute atomic E-state index is 12.0. The number of hydrogen-bond donors (Lipinski definition) is 1. The zero-order valence-electron chi connectivity index (χ0n) is 10.7. The highest BCUT2D eigenvalue weighted by molar-refractivity contribution is 5.75. The molecule has 0 aromatic carbocycles. The van der Waals surface area contributed by atoms with Crippen molar-refractivity contribution in [1.82, 2.24) is 9.80 Å². The molecule has 1 saturated carbocycles. The van der Waals surface area contributed by atoms with Crippen LogP contribution < -0.4 is 0 Å². The van der Waals surface area contributed by atoms with Gasteiger partial charge in [-0.25, -0.2) is 4.79 Å². The molecule has 0 saturated heterocycles. The van der Waals surface area contributed by atoms with Gasteiger partial charge in [-0.2, -0.15) is 0 Å². The molecule has 0 atom stereocenters. The minimum atomic E-state index is -0.863. The minimum absolute atomic E-state index is 0.0108. The Hall–Kier alpha value is -1.26. The Morgan fingerprint density at radius 2 is 2.00 bits per heavy atom. The molecule has 1 aliphatic rings. The number of carboxylic acid groups (broad SMARTS) is 1. The summed E-state index contributed by atoms with van der Waals surface area (Å²) in [4.78, 5) is 25.8. The number of carboxylic acids is 1. The Labute approximate surface area is 102 Å². The number of aliphatic carboxylic acids is 1. The largest absolute Gasteiger partial charge is 0.481 e. The lowest BCUT2D eigenvalue weighted by molar-refractivity contribution is -0.137. The molecular formula is C12H22N2O3. The molecule has 0 unspecified atom stereocenters. The molecule has 1 N–H and O–H groups in total. The van der Waals surface area contributed by atoms with Crippen molar-refractivity contribution in [3.63, 3.8) is 0 Å². The standard InChI is InChI=1S/C12H22N2O3/c1-3-14(8-7-11(15)16)12(17)13(2)9-10-5-4-6-10/h10H,3-9H2,1-2H3,(H,15,16). The summed E-state index contributed by atoms with van der Waals surface area (Å²) in [5, 5.41) is 8.62. The number of hydrogen-bond acceptors (Lipinski definition) is 2. The zero-order chi connectivity index (χ0) is 12.8. The first-order chi connectivity index (χ1) is 8.04. The van der Waals surface area contributed by atoms with E-state index in [9.17, 15) is 9.59 Å². The van der Waals surface area contributed by atoms with Gasteiger partial charge in [0.15, 0.2) is 0 Å². The van der Waals surface area contributed by atoms with Gasteiger partial charge in [0.2, 0.25) is 0 Å². The number of nitrogens with zero attached hydrogens (tertiary/aromatic N) is 2. The molecule has 0 bridgehead atoms. The van der Waals surface area contributed by atoms with Crippen LogP contribution in [-0.4, -0.2) is 53.6 Å². The van der Waals surface area contributed by atoms with Crippen LogP contribution in [0.15, 0.2) is 0 Å². The van der Waals surface area contributed by atoms with Crippen LogP contribution in [0.5, 0.6) is 0 Å². The van der Waals surface area contributed by atoms with Gasteiger partial charge in [0.1, 0.15) is 0 Å². The van der Waals surface area contributed by atoms with Gasteiger partial charge in [0.25, 0.3) is 0 Å². The van der Waals surface area contributed by atoms with Crippen LogP contribution in [-0.2, 0) is 4.79 Å². The molecule has 0 spiro atoms. The lowest BCUT2D eigenvalue weighted by Gasteiger charge is -2.33. The number of amides is 2. The smallest absolute Gasteiger partial charge is 0.319 e. The van der Waals surface area contributed by atoms with Gasteiger partial charge in [0, 0.05) is 26.7 Å². The molecular weight excluding hydrogens is 220 g/mol. The molecule has 0 aromatic rings. The second-order valence-corrected chi connectivity index (χ2v) is 4.68. The fourth-order valence-electron chi connectivity index (χ4n) is 2.00. The summed E-state index contributed by atoms with van der Waals surface area (Å²) < 4.78 is 0. The molecule has 98 valence electrons. The van der Waals surface area contributed by atoms with E-state index in [0.29, 0.717) is 19.0 Å². The number of carbonyl (C=O) groups is 2. The molecule has 0 aromatic heterocycles. The summed E-state index contributed by atoms with van der Waals surface area (Å²) in [6, 6.07) is -0.0550. The second-order valence-electron chi connectivity index (χ2n) is 4.68. The van der Waals surface area contributed by atoms with E-state index in [-0.39, 0.29) is 12.5 Å². The summed E-state index contributed by atoms with van der Waals surface area (Å²) in [6.07, 6.45) is 3.69. The predicted molar refractivity (Wildman–Crippen MR) is 64.9 cm³/mol. The summed E-state index contributed by atoms with van der Waals surface area (Å²) in [5.41, 5.74) is 0. The summed E-state index contributed by atoms with van der Waals surface area (Å²) in [7, 11) is 1.80. The lowest BCUT2D eigenvalue weighted by atomic mass is 9.85. The van der Waals surface area contributed by atoms with E-state index in [1.807, 2.05) is 6.92 Å². The first-order valence-corrected chi connectivity index (χ1v) is 6.26. The quantitative estimate of drug-likeness (QED) is 0.770. The van der Waals surface area contributed by atoms with E-state index < -0.39 is 5.97 Å². The van der Waals surface area contributed by atoms with Crippen molar-refractivity contribution in [2.45, 2.75) is 32.6 Å². The molecule has 1 aliphatic carbocycles. The number of urea groups is 1.